The number of morpholine rings is 1. The SMILES string of the molecule is CCn1ncnc1CN1CCCOC(CN2CCOCC2)C1. The molecule has 0 bridgehead atoms. The molecular weight excluding hydrogens is 282 g/mol. The molecule has 1 aromatic rings. The molecule has 2 aliphatic rings. The minimum atomic E-state index is 0.276. The standard InChI is InChI=1S/C15H27N5O2/c1-2-20-15(16-13-17-20)12-19-4-3-7-22-14(11-19)10-18-5-8-21-9-6-18/h13-14H,2-12H2,1H3. The van der Waals surface area contributed by atoms with Gasteiger partial charge in [-0.3, -0.25) is 9.80 Å². The number of rotatable bonds is 5. The maximum absolute atomic E-state index is 6.04. The molecule has 22 heavy (non-hydrogen) atoms. The topological polar surface area (TPSA) is 55.7 Å². The van der Waals surface area contributed by atoms with E-state index in [-0.39, 0.29) is 6.10 Å². The average Bonchev–Trinajstić information content (AvgIpc) is 2.87. The summed E-state index contributed by atoms with van der Waals surface area (Å²) in [7, 11) is 0. The van der Waals surface area contributed by atoms with Crippen LogP contribution in [0.3, 0.4) is 0 Å². The third-order valence-corrected chi connectivity index (χ3v) is 4.36. The summed E-state index contributed by atoms with van der Waals surface area (Å²) < 4.78 is 13.4. The molecule has 0 aromatic carbocycles. The summed E-state index contributed by atoms with van der Waals surface area (Å²) >= 11 is 0. The van der Waals surface area contributed by atoms with Gasteiger partial charge in [-0.1, -0.05) is 0 Å². The van der Waals surface area contributed by atoms with Gasteiger partial charge in [0.1, 0.15) is 12.2 Å². The van der Waals surface area contributed by atoms with Crippen molar-refractivity contribution in [1.82, 2.24) is 24.6 Å². The van der Waals surface area contributed by atoms with Crippen molar-refractivity contribution in [2.45, 2.75) is 32.5 Å². The Morgan fingerprint density at radius 2 is 2.05 bits per heavy atom. The van der Waals surface area contributed by atoms with Crippen molar-refractivity contribution >= 4 is 0 Å². The number of ether oxygens (including phenoxy) is 2. The molecule has 1 aromatic heterocycles. The van der Waals surface area contributed by atoms with Crippen molar-refractivity contribution in [2.24, 2.45) is 0 Å². The van der Waals surface area contributed by atoms with Gasteiger partial charge in [-0.2, -0.15) is 5.10 Å². The summed E-state index contributed by atoms with van der Waals surface area (Å²) in [4.78, 5) is 9.30. The van der Waals surface area contributed by atoms with Gasteiger partial charge in [0.05, 0.1) is 25.9 Å². The molecule has 2 aliphatic heterocycles. The molecule has 2 fully saturated rings. The molecular formula is C15H27N5O2. The highest BCUT2D eigenvalue weighted by Gasteiger charge is 2.23. The van der Waals surface area contributed by atoms with E-state index in [9.17, 15) is 0 Å². The molecule has 3 heterocycles. The van der Waals surface area contributed by atoms with Crippen LogP contribution in [-0.2, 0) is 22.6 Å². The van der Waals surface area contributed by atoms with Crippen molar-refractivity contribution in [3.05, 3.63) is 12.2 Å². The van der Waals surface area contributed by atoms with E-state index < -0.39 is 0 Å². The number of hydrogen-bond donors (Lipinski definition) is 0. The predicted octanol–water partition coefficient (Wildman–Crippen LogP) is 0.221. The van der Waals surface area contributed by atoms with Crippen molar-refractivity contribution in [3.8, 4) is 0 Å². The van der Waals surface area contributed by atoms with Crippen LogP contribution < -0.4 is 0 Å². The predicted molar refractivity (Wildman–Crippen MR) is 82.6 cm³/mol. The molecule has 7 heteroatoms. The van der Waals surface area contributed by atoms with E-state index in [0.717, 1.165) is 77.9 Å². The van der Waals surface area contributed by atoms with E-state index in [2.05, 4.69) is 26.8 Å². The van der Waals surface area contributed by atoms with Gasteiger partial charge >= 0.3 is 0 Å². The second-order valence-electron chi connectivity index (χ2n) is 5.99. The first-order valence-electron chi connectivity index (χ1n) is 8.36. The molecule has 3 rings (SSSR count). The van der Waals surface area contributed by atoms with E-state index in [4.69, 9.17) is 9.47 Å². The molecule has 0 saturated carbocycles. The van der Waals surface area contributed by atoms with Gasteiger partial charge in [0.15, 0.2) is 0 Å². The van der Waals surface area contributed by atoms with E-state index in [0.29, 0.717) is 0 Å². The zero-order valence-corrected chi connectivity index (χ0v) is 13.5. The van der Waals surface area contributed by atoms with E-state index in [1.165, 1.54) is 0 Å². The van der Waals surface area contributed by atoms with Gasteiger partial charge in [-0.15, -0.1) is 0 Å². The largest absolute Gasteiger partial charge is 0.379 e. The fourth-order valence-electron chi connectivity index (χ4n) is 3.17. The van der Waals surface area contributed by atoms with Crippen LogP contribution >= 0.6 is 0 Å². The molecule has 0 radical (unpaired) electrons. The van der Waals surface area contributed by atoms with Gasteiger partial charge in [0.2, 0.25) is 0 Å². The Labute approximate surface area is 132 Å². The van der Waals surface area contributed by atoms with Crippen LogP contribution in [0.15, 0.2) is 6.33 Å². The lowest BCUT2D eigenvalue weighted by Crippen LogP contribution is -2.44. The molecule has 1 atom stereocenters. The van der Waals surface area contributed by atoms with Gasteiger partial charge in [-0.05, 0) is 13.3 Å². The van der Waals surface area contributed by atoms with Crippen molar-refractivity contribution in [1.29, 1.82) is 0 Å². The normalized spacial score (nSPS) is 25.2. The molecule has 7 nitrogen and oxygen atoms in total. The maximum Gasteiger partial charge on any atom is 0.140 e. The van der Waals surface area contributed by atoms with E-state index >= 15 is 0 Å². The molecule has 0 amide bonds. The fourth-order valence-corrected chi connectivity index (χ4v) is 3.17. The minimum Gasteiger partial charge on any atom is -0.379 e. The van der Waals surface area contributed by atoms with Gasteiger partial charge < -0.3 is 9.47 Å². The Balaban J connectivity index is 1.55. The fraction of sp³-hybridized carbons (Fsp3) is 0.867. The summed E-state index contributed by atoms with van der Waals surface area (Å²) in [5, 5.41) is 4.26. The van der Waals surface area contributed by atoms with Crippen molar-refractivity contribution in [2.75, 3.05) is 52.5 Å². The lowest BCUT2D eigenvalue weighted by atomic mass is 10.2. The Hall–Kier alpha value is -1.02. The first-order valence-corrected chi connectivity index (χ1v) is 8.36. The van der Waals surface area contributed by atoms with Gasteiger partial charge in [0, 0.05) is 45.9 Å². The Bertz CT molecular complexity index is 447. The smallest absolute Gasteiger partial charge is 0.140 e. The highest BCUT2D eigenvalue weighted by molar-refractivity contribution is 4.86. The highest BCUT2D eigenvalue weighted by Crippen LogP contribution is 2.11. The zero-order valence-electron chi connectivity index (χ0n) is 13.5. The van der Waals surface area contributed by atoms with E-state index in [1.54, 1.807) is 6.33 Å². The van der Waals surface area contributed by atoms with Crippen LogP contribution in [0.25, 0.3) is 0 Å². The molecule has 1 unspecified atom stereocenters. The first kappa shape index (κ1) is 15.9. The second-order valence-corrected chi connectivity index (χ2v) is 5.99. The summed E-state index contributed by atoms with van der Waals surface area (Å²) in [5.41, 5.74) is 0. The molecule has 124 valence electrons. The van der Waals surface area contributed by atoms with E-state index in [1.807, 2.05) is 4.68 Å². The monoisotopic (exact) mass is 309 g/mol. The number of aryl methyl sites for hydroxylation is 1. The van der Waals surface area contributed by atoms with Crippen LogP contribution in [0, 0.1) is 0 Å². The van der Waals surface area contributed by atoms with Crippen LogP contribution in [0.1, 0.15) is 19.2 Å². The molecule has 0 aliphatic carbocycles. The van der Waals surface area contributed by atoms with Crippen LogP contribution in [-0.4, -0.2) is 83.2 Å². The van der Waals surface area contributed by atoms with Crippen LogP contribution in [0.5, 0.6) is 0 Å². The summed E-state index contributed by atoms with van der Waals surface area (Å²) in [5.74, 6) is 1.05. The molecule has 0 spiro atoms. The van der Waals surface area contributed by atoms with Gasteiger partial charge in [0.25, 0.3) is 0 Å². The quantitative estimate of drug-likeness (QED) is 0.776. The van der Waals surface area contributed by atoms with Gasteiger partial charge in [-0.25, -0.2) is 9.67 Å². The minimum absolute atomic E-state index is 0.276. The summed E-state index contributed by atoms with van der Waals surface area (Å²) in [6, 6.07) is 0. The van der Waals surface area contributed by atoms with Crippen LogP contribution in [0.4, 0.5) is 0 Å². The first-order chi connectivity index (χ1) is 10.8. The van der Waals surface area contributed by atoms with Crippen LogP contribution in [0.2, 0.25) is 0 Å². The maximum atomic E-state index is 6.04. The summed E-state index contributed by atoms with van der Waals surface area (Å²) in [6.07, 6.45) is 3.01. The summed E-state index contributed by atoms with van der Waals surface area (Å²) in [6.45, 7) is 11.4. The third-order valence-electron chi connectivity index (χ3n) is 4.36. The number of hydrogen-bond acceptors (Lipinski definition) is 6. The Kier molecular flexibility index (Phi) is 5.77. The Morgan fingerprint density at radius 3 is 2.86 bits per heavy atom. The number of aromatic nitrogens is 3. The van der Waals surface area contributed by atoms with Crippen molar-refractivity contribution < 1.29 is 9.47 Å². The molecule has 0 N–H and O–H groups in total. The van der Waals surface area contributed by atoms with Crippen molar-refractivity contribution in [3.63, 3.8) is 0 Å². The lowest BCUT2D eigenvalue weighted by molar-refractivity contribution is -0.0124. The Morgan fingerprint density at radius 1 is 1.18 bits per heavy atom. The number of nitrogens with zero attached hydrogens (tertiary/aromatic N) is 5. The third kappa shape index (κ3) is 4.25. The molecule has 2 saturated heterocycles. The lowest BCUT2D eigenvalue weighted by Gasteiger charge is -2.31. The average molecular weight is 309 g/mol. The zero-order chi connectivity index (χ0) is 15.2. The highest BCUT2D eigenvalue weighted by atomic mass is 16.5. The second kappa shape index (κ2) is 8.01.